The van der Waals surface area contributed by atoms with Crippen LogP contribution in [0.25, 0.3) is 0 Å². The molecule has 0 aromatic heterocycles. The van der Waals surface area contributed by atoms with Gasteiger partial charge in [0, 0.05) is 19.1 Å². The van der Waals surface area contributed by atoms with Crippen LogP contribution in [0.5, 0.6) is 0 Å². The second-order valence-electron chi connectivity index (χ2n) is 4.03. The molecule has 0 aromatic carbocycles. The topological polar surface area (TPSA) is 38.8 Å². The van der Waals surface area contributed by atoms with E-state index in [2.05, 4.69) is 23.5 Å². The van der Waals surface area contributed by atoms with E-state index in [-0.39, 0.29) is 12.0 Å². The number of hydrogen-bond acceptors (Lipinski definition) is 4. The summed E-state index contributed by atoms with van der Waals surface area (Å²) in [6, 6.07) is 0.246. The SMILES string of the molecule is CCC1CN(C(C)CC(=O)OC)CCO1. The molecule has 1 heterocycles. The molecule has 1 saturated heterocycles. The van der Waals surface area contributed by atoms with Crippen molar-refractivity contribution >= 4 is 5.97 Å². The van der Waals surface area contributed by atoms with Crippen molar-refractivity contribution in [1.29, 1.82) is 0 Å². The van der Waals surface area contributed by atoms with E-state index in [0.717, 1.165) is 26.1 Å². The first-order valence-corrected chi connectivity index (χ1v) is 5.59. The van der Waals surface area contributed by atoms with Crippen molar-refractivity contribution in [2.45, 2.75) is 38.8 Å². The number of carbonyl (C=O) groups excluding carboxylic acids is 1. The zero-order chi connectivity index (χ0) is 11.3. The third kappa shape index (κ3) is 3.80. The lowest BCUT2D eigenvalue weighted by atomic mass is 10.1. The summed E-state index contributed by atoms with van der Waals surface area (Å²) in [4.78, 5) is 13.4. The lowest BCUT2D eigenvalue weighted by molar-refractivity contribution is -0.142. The van der Waals surface area contributed by atoms with Gasteiger partial charge in [0.05, 0.1) is 26.2 Å². The predicted molar refractivity (Wildman–Crippen MR) is 57.7 cm³/mol. The third-order valence-corrected chi connectivity index (χ3v) is 2.94. The molecule has 2 atom stereocenters. The molecule has 15 heavy (non-hydrogen) atoms. The Labute approximate surface area is 91.5 Å². The zero-order valence-corrected chi connectivity index (χ0v) is 9.86. The molecule has 1 rings (SSSR count). The minimum Gasteiger partial charge on any atom is -0.469 e. The molecule has 0 spiro atoms. The first-order chi connectivity index (χ1) is 7.17. The summed E-state index contributed by atoms with van der Waals surface area (Å²) in [7, 11) is 1.43. The summed E-state index contributed by atoms with van der Waals surface area (Å²) < 4.78 is 10.2. The summed E-state index contributed by atoms with van der Waals surface area (Å²) in [5.41, 5.74) is 0. The largest absolute Gasteiger partial charge is 0.469 e. The minimum absolute atomic E-state index is 0.137. The highest BCUT2D eigenvalue weighted by Crippen LogP contribution is 2.13. The number of morpholine rings is 1. The molecule has 0 saturated carbocycles. The number of nitrogens with zero attached hydrogens (tertiary/aromatic N) is 1. The molecule has 0 amide bonds. The zero-order valence-electron chi connectivity index (χ0n) is 9.86. The summed E-state index contributed by atoms with van der Waals surface area (Å²) in [6.07, 6.45) is 1.81. The molecule has 4 nitrogen and oxygen atoms in total. The molecule has 2 unspecified atom stereocenters. The molecular formula is C11H21NO3. The van der Waals surface area contributed by atoms with Gasteiger partial charge in [0.2, 0.25) is 0 Å². The molecule has 1 aliphatic heterocycles. The highest BCUT2D eigenvalue weighted by Gasteiger charge is 2.24. The number of ether oxygens (including phenoxy) is 2. The second kappa shape index (κ2) is 6.08. The molecule has 1 aliphatic rings. The Bertz CT molecular complexity index is 208. The number of esters is 1. The number of methoxy groups -OCH3 is 1. The van der Waals surface area contributed by atoms with Gasteiger partial charge in [0.25, 0.3) is 0 Å². The highest BCUT2D eigenvalue weighted by atomic mass is 16.5. The first kappa shape index (κ1) is 12.5. The first-order valence-electron chi connectivity index (χ1n) is 5.59. The maximum atomic E-state index is 11.1. The third-order valence-electron chi connectivity index (χ3n) is 2.94. The van der Waals surface area contributed by atoms with Gasteiger partial charge in [-0.3, -0.25) is 9.69 Å². The molecular weight excluding hydrogens is 194 g/mol. The number of carbonyl (C=O) groups is 1. The van der Waals surface area contributed by atoms with E-state index in [1.807, 2.05) is 0 Å². The average Bonchev–Trinajstić information content (AvgIpc) is 2.28. The standard InChI is InChI=1S/C11H21NO3/c1-4-10-8-12(5-6-15-10)9(2)7-11(13)14-3/h9-10H,4-8H2,1-3H3. The van der Waals surface area contributed by atoms with Crippen LogP contribution in [0.3, 0.4) is 0 Å². The highest BCUT2D eigenvalue weighted by molar-refractivity contribution is 5.69. The maximum absolute atomic E-state index is 11.1. The molecule has 4 heteroatoms. The van der Waals surface area contributed by atoms with E-state index in [4.69, 9.17) is 4.74 Å². The lowest BCUT2D eigenvalue weighted by Gasteiger charge is -2.36. The molecule has 0 bridgehead atoms. The predicted octanol–water partition coefficient (Wildman–Crippen LogP) is 1.05. The molecule has 0 aromatic rings. The van der Waals surface area contributed by atoms with Crippen molar-refractivity contribution in [3.8, 4) is 0 Å². The van der Waals surface area contributed by atoms with Crippen molar-refractivity contribution in [2.24, 2.45) is 0 Å². The van der Waals surface area contributed by atoms with Crippen LogP contribution >= 0.6 is 0 Å². The summed E-state index contributed by atoms with van der Waals surface area (Å²) in [5.74, 6) is -0.137. The fourth-order valence-electron chi connectivity index (χ4n) is 1.84. The van der Waals surface area contributed by atoms with E-state index in [0.29, 0.717) is 12.5 Å². The van der Waals surface area contributed by atoms with Crippen LogP contribution in [0.2, 0.25) is 0 Å². The minimum atomic E-state index is -0.137. The Hall–Kier alpha value is -0.610. The molecule has 0 radical (unpaired) electrons. The van der Waals surface area contributed by atoms with Crippen molar-refractivity contribution in [3.05, 3.63) is 0 Å². The van der Waals surface area contributed by atoms with Crippen molar-refractivity contribution in [2.75, 3.05) is 26.8 Å². The van der Waals surface area contributed by atoms with Gasteiger partial charge in [-0.15, -0.1) is 0 Å². The lowest BCUT2D eigenvalue weighted by Crippen LogP contribution is -2.47. The van der Waals surface area contributed by atoms with Gasteiger partial charge in [-0.25, -0.2) is 0 Å². The van der Waals surface area contributed by atoms with Gasteiger partial charge < -0.3 is 9.47 Å². The normalized spacial score (nSPS) is 24.9. The van der Waals surface area contributed by atoms with E-state index in [1.54, 1.807) is 0 Å². The second-order valence-corrected chi connectivity index (χ2v) is 4.03. The number of rotatable bonds is 4. The summed E-state index contributed by atoms with van der Waals surface area (Å²) in [5, 5.41) is 0. The monoisotopic (exact) mass is 215 g/mol. The molecule has 0 N–H and O–H groups in total. The van der Waals surface area contributed by atoms with E-state index >= 15 is 0 Å². The Morgan fingerprint density at radius 2 is 2.40 bits per heavy atom. The van der Waals surface area contributed by atoms with Crippen LogP contribution in [0.4, 0.5) is 0 Å². The quantitative estimate of drug-likeness (QED) is 0.657. The van der Waals surface area contributed by atoms with Gasteiger partial charge in [0.1, 0.15) is 0 Å². The van der Waals surface area contributed by atoms with E-state index in [1.165, 1.54) is 7.11 Å². The smallest absolute Gasteiger partial charge is 0.307 e. The van der Waals surface area contributed by atoms with Gasteiger partial charge in [-0.1, -0.05) is 6.92 Å². The fourth-order valence-corrected chi connectivity index (χ4v) is 1.84. The fraction of sp³-hybridized carbons (Fsp3) is 0.909. The molecule has 1 fully saturated rings. The molecule has 0 aliphatic carbocycles. The van der Waals surface area contributed by atoms with Crippen LogP contribution in [0.1, 0.15) is 26.7 Å². The Balaban J connectivity index is 2.37. The van der Waals surface area contributed by atoms with E-state index in [9.17, 15) is 4.79 Å². The average molecular weight is 215 g/mol. The van der Waals surface area contributed by atoms with Crippen LogP contribution < -0.4 is 0 Å². The van der Waals surface area contributed by atoms with Gasteiger partial charge in [0.15, 0.2) is 0 Å². The molecule has 88 valence electrons. The summed E-state index contributed by atoms with van der Waals surface area (Å²) >= 11 is 0. The van der Waals surface area contributed by atoms with Gasteiger partial charge in [-0.2, -0.15) is 0 Å². The van der Waals surface area contributed by atoms with Crippen molar-refractivity contribution in [3.63, 3.8) is 0 Å². The van der Waals surface area contributed by atoms with Gasteiger partial charge in [-0.05, 0) is 13.3 Å². The Kier molecular flexibility index (Phi) is 5.05. The number of hydrogen-bond donors (Lipinski definition) is 0. The van der Waals surface area contributed by atoms with Crippen molar-refractivity contribution in [1.82, 2.24) is 4.90 Å². The Morgan fingerprint density at radius 1 is 1.67 bits per heavy atom. The van der Waals surface area contributed by atoms with Crippen LogP contribution in [0.15, 0.2) is 0 Å². The summed E-state index contributed by atoms with van der Waals surface area (Å²) in [6.45, 7) is 6.79. The Morgan fingerprint density at radius 3 is 3.00 bits per heavy atom. The van der Waals surface area contributed by atoms with Crippen molar-refractivity contribution < 1.29 is 14.3 Å². The van der Waals surface area contributed by atoms with Crippen LogP contribution in [0, 0.1) is 0 Å². The van der Waals surface area contributed by atoms with Crippen LogP contribution in [-0.4, -0.2) is 49.8 Å². The van der Waals surface area contributed by atoms with E-state index < -0.39 is 0 Å². The maximum Gasteiger partial charge on any atom is 0.307 e. The van der Waals surface area contributed by atoms with Crippen LogP contribution in [-0.2, 0) is 14.3 Å². The van der Waals surface area contributed by atoms with Gasteiger partial charge >= 0.3 is 5.97 Å².